The van der Waals surface area contributed by atoms with E-state index in [4.69, 9.17) is 11.6 Å². The van der Waals surface area contributed by atoms with Crippen LogP contribution in [0.2, 0.25) is 5.15 Å². The molecular weight excluding hydrogens is 378 g/mol. The number of fused-ring (bicyclic) bond motifs is 1. The summed E-state index contributed by atoms with van der Waals surface area (Å²) in [5, 5.41) is 2.61. The average molecular weight is 388 g/mol. The second-order valence-electron chi connectivity index (χ2n) is 5.16. The topological polar surface area (TPSA) is 56.2 Å². The van der Waals surface area contributed by atoms with Crippen LogP contribution in [0.5, 0.6) is 5.75 Å². The predicted octanol–water partition coefficient (Wildman–Crippen LogP) is 4.12. The molecular formula is C16H10ClF4N3O2. The van der Waals surface area contributed by atoms with Crippen molar-refractivity contribution in [2.45, 2.75) is 6.36 Å². The molecule has 0 bridgehead atoms. The van der Waals surface area contributed by atoms with Crippen molar-refractivity contribution < 1.29 is 22.3 Å². The molecule has 0 fully saturated rings. The number of benzene rings is 1. The van der Waals surface area contributed by atoms with Crippen molar-refractivity contribution in [1.29, 1.82) is 0 Å². The van der Waals surface area contributed by atoms with E-state index in [1.807, 2.05) is 0 Å². The molecule has 2 heterocycles. The number of hydrogen-bond donors (Lipinski definition) is 1. The Kier molecular flexibility index (Phi) is 4.49. The molecule has 0 amide bonds. The van der Waals surface area contributed by atoms with Gasteiger partial charge >= 0.3 is 6.36 Å². The first kappa shape index (κ1) is 18.0. The van der Waals surface area contributed by atoms with Crippen molar-refractivity contribution in [2.24, 2.45) is 0 Å². The summed E-state index contributed by atoms with van der Waals surface area (Å²) in [5.74, 6) is -1.21. The van der Waals surface area contributed by atoms with Crippen molar-refractivity contribution in [1.82, 2.24) is 9.55 Å². The van der Waals surface area contributed by atoms with Gasteiger partial charge in [-0.05, 0) is 30.3 Å². The number of nitrogens with one attached hydrogen (secondary N) is 1. The van der Waals surface area contributed by atoms with Crippen LogP contribution in [0.4, 0.5) is 23.2 Å². The number of alkyl halides is 3. The molecule has 0 aliphatic heterocycles. The first-order valence-corrected chi connectivity index (χ1v) is 7.53. The molecule has 3 aromatic rings. The van der Waals surface area contributed by atoms with Crippen molar-refractivity contribution in [2.75, 3.05) is 12.4 Å². The Balaban J connectivity index is 2.20. The lowest BCUT2D eigenvalue weighted by Gasteiger charge is -2.14. The maximum absolute atomic E-state index is 13.8. The molecule has 0 saturated heterocycles. The second kappa shape index (κ2) is 6.49. The van der Waals surface area contributed by atoms with Crippen molar-refractivity contribution in [3.63, 3.8) is 0 Å². The number of hydrogen-bond acceptors (Lipinski definition) is 4. The number of anilines is 1. The fourth-order valence-corrected chi connectivity index (χ4v) is 2.58. The summed E-state index contributed by atoms with van der Waals surface area (Å²) in [6.07, 6.45) is -4.83. The maximum atomic E-state index is 13.8. The van der Waals surface area contributed by atoms with Gasteiger partial charge in [-0.2, -0.15) is 0 Å². The molecule has 0 aliphatic rings. The first-order valence-electron chi connectivity index (χ1n) is 7.15. The Morgan fingerprint density at radius 2 is 1.85 bits per heavy atom. The molecule has 10 heteroatoms. The molecule has 5 nitrogen and oxygen atoms in total. The van der Waals surface area contributed by atoms with Gasteiger partial charge in [0.2, 0.25) is 0 Å². The molecule has 0 spiro atoms. The van der Waals surface area contributed by atoms with Crippen LogP contribution in [0.15, 0.2) is 41.2 Å². The molecule has 0 aliphatic carbocycles. The minimum atomic E-state index is -4.83. The molecule has 0 atom stereocenters. The smallest absolute Gasteiger partial charge is 0.406 e. The zero-order valence-corrected chi connectivity index (χ0v) is 13.8. The van der Waals surface area contributed by atoms with E-state index >= 15 is 0 Å². The van der Waals surface area contributed by atoms with Crippen molar-refractivity contribution >= 4 is 28.3 Å². The lowest BCUT2D eigenvalue weighted by molar-refractivity contribution is -0.274. The highest BCUT2D eigenvalue weighted by Crippen LogP contribution is 2.27. The van der Waals surface area contributed by atoms with Crippen molar-refractivity contribution in [3.8, 4) is 11.4 Å². The molecule has 1 aromatic carbocycles. The molecule has 3 rings (SSSR count). The Bertz CT molecular complexity index is 1030. The van der Waals surface area contributed by atoms with Gasteiger partial charge in [0.15, 0.2) is 16.6 Å². The van der Waals surface area contributed by atoms with Gasteiger partial charge < -0.3 is 10.1 Å². The third-order valence-electron chi connectivity index (χ3n) is 3.50. The SMILES string of the molecule is CNc1cc(=O)n(-c2ccc(OC(F)(F)F)cc2)c2nc(Cl)c(F)cc12. The molecule has 136 valence electrons. The summed E-state index contributed by atoms with van der Waals surface area (Å²) in [7, 11) is 1.55. The summed E-state index contributed by atoms with van der Waals surface area (Å²) in [6, 6.07) is 6.95. The Morgan fingerprint density at radius 3 is 2.42 bits per heavy atom. The van der Waals surface area contributed by atoms with Crippen LogP contribution in [-0.2, 0) is 0 Å². The summed E-state index contributed by atoms with van der Waals surface area (Å²) >= 11 is 5.73. The van der Waals surface area contributed by atoms with E-state index in [9.17, 15) is 22.4 Å². The van der Waals surface area contributed by atoms with Crippen LogP contribution >= 0.6 is 11.6 Å². The van der Waals surface area contributed by atoms with Gasteiger partial charge in [0.25, 0.3) is 5.56 Å². The highest BCUT2D eigenvalue weighted by molar-refractivity contribution is 6.30. The van der Waals surface area contributed by atoms with Crippen LogP contribution in [0, 0.1) is 5.82 Å². The van der Waals surface area contributed by atoms with Gasteiger partial charge in [-0.15, -0.1) is 13.2 Å². The summed E-state index contributed by atoms with van der Waals surface area (Å²) in [4.78, 5) is 16.4. The highest BCUT2D eigenvalue weighted by Gasteiger charge is 2.31. The predicted molar refractivity (Wildman–Crippen MR) is 88.5 cm³/mol. The molecule has 0 saturated carbocycles. The van der Waals surface area contributed by atoms with Gasteiger partial charge in [0.1, 0.15) is 5.75 Å². The zero-order valence-electron chi connectivity index (χ0n) is 13.1. The van der Waals surface area contributed by atoms with Crippen LogP contribution in [0.3, 0.4) is 0 Å². The Hall–Kier alpha value is -2.81. The van der Waals surface area contributed by atoms with Gasteiger partial charge in [-0.1, -0.05) is 11.6 Å². The number of nitrogens with zero attached hydrogens (tertiary/aromatic N) is 2. The Morgan fingerprint density at radius 1 is 1.19 bits per heavy atom. The van der Waals surface area contributed by atoms with Crippen molar-refractivity contribution in [3.05, 3.63) is 57.7 Å². The summed E-state index contributed by atoms with van der Waals surface area (Å²) in [5.41, 5.74) is 0.0768. The van der Waals surface area contributed by atoms with Crippen LogP contribution in [0.1, 0.15) is 0 Å². The third kappa shape index (κ3) is 3.43. The minimum Gasteiger partial charge on any atom is -0.406 e. The normalized spacial score (nSPS) is 11.6. The van der Waals surface area contributed by atoms with E-state index in [-0.39, 0.29) is 16.7 Å². The standard InChI is InChI=1S/C16H10ClF4N3O2/c1-22-12-7-13(25)24(15-10(12)6-11(18)14(17)23-15)8-2-4-9(5-3-8)26-16(19,20)21/h2-7,22H,1H3. The average Bonchev–Trinajstić information content (AvgIpc) is 2.55. The largest absolute Gasteiger partial charge is 0.573 e. The number of aromatic nitrogens is 2. The first-order chi connectivity index (χ1) is 12.2. The maximum Gasteiger partial charge on any atom is 0.573 e. The van der Waals surface area contributed by atoms with Gasteiger partial charge in [0, 0.05) is 18.5 Å². The third-order valence-corrected chi connectivity index (χ3v) is 3.77. The second-order valence-corrected chi connectivity index (χ2v) is 5.51. The molecule has 2 aromatic heterocycles. The van der Waals surface area contributed by atoms with Gasteiger partial charge in [-0.25, -0.2) is 9.37 Å². The zero-order chi connectivity index (χ0) is 19.1. The van der Waals surface area contributed by atoms with Gasteiger partial charge in [-0.3, -0.25) is 9.36 Å². The lowest BCUT2D eigenvalue weighted by Crippen LogP contribution is -2.20. The molecule has 0 radical (unpaired) electrons. The molecule has 26 heavy (non-hydrogen) atoms. The van der Waals surface area contributed by atoms with E-state index in [0.29, 0.717) is 5.69 Å². The fourth-order valence-electron chi connectivity index (χ4n) is 2.45. The fraction of sp³-hybridized carbons (Fsp3) is 0.125. The van der Waals surface area contributed by atoms with E-state index < -0.39 is 28.6 Å². The van der Waals surface area contributed by atoms with Crippen LogP contribution in [0.25, 0.3) is 16.7 Å². The van der Waals surface area contributed by atoms with Crippen LogP contribution < -0.4 is 15.6 Å². The lowest BCUT2D eigenvalue weighted by atomic mass is 10.2. The monoisotopic (exact) mass is 387 g/mol. The minimum absolute atomic E-state index is 0.0535. The number of rotatable bonds is 3. The quantitative estimate of drug-likeness (QED) is 0.542. The summed E-state index contributed by atoms with van der Waals surface area (Å²) < 4.78 is 55.5. The van der Waals surface area contributed by atoms with Gasteiger partial charge in [0.05, 0.1) is 11.4 Å². The van der Waals surface area contributed by atoms with E-state index in [0.717, 1.165) is 22.8 Å². The van der Waals surface area contributed by atoms with E-state index in [2.05, 4.69) is 15.0 Å². The Labute approximate surface area is 148 Å². The number of halogens is 5. The van der Waals surface area contributed by atoms with E-state index in [1.54, 1.807) is 7.05 Å². The van der Waals surface area contributed by atoms with Crippen LogP contribution in [-0.4, -0.2) is 23.0 Å². The highest BCUT2D eigenvalue weighted by atomic mass is 35.5. The summed E-state index contributed by atoms with van der Waals surface area (Å²) in [6.45, 7) is 0. The van der Waals surface area contributed by atoms with E-state index in [1.165, 1.54) is 18.2 Å². The molecule has 1 N–H and O–H groups in total. The number of ether oxygens (including phenoxy) is 1. The molecule has 0 unspecified atom stereocenters. The number of pyridine rings is 2.